The maximum Gasteiger partial charge on any atom is 0.325 e. The molecule has 2 heterocycles. The highest BCUT2D eigenvalue weighted by molar-refractivity contribution is 6.04. The SMILES string of the molecule is O=C(CCC1NC(=O)N(Cc2ccco2)C1=O)NC1CCCCCC1. The third kappa shape index (κ3) is 4.61. The Morgan fingerprint density at radius 2 is 2.00 bits per heavy atom. The van der Waals surface area contributed by atoms with Crippen LogP contribution in [-0.4, -0.2) is 34.8 Å². The van der Waals surface area contributed by atoms with Crippen LogP contribution in [-0.2, 0) is 16.1 Å². The van der Waals surface area contributed by atoms with E-state index in [2.05, 4.69) is 10.6 Å². The summed E-state index contributed by atoms with van der Waals surface area (Å²) in [5, 5.41) is 5.72. The van der Waals surface area contributed by atoms with E-state index in [9.17, 15) is 14.4 Å². The predicted octanol–water partition coefficient (Wildman–Crippen LogP) is 2.32. The average Bonchev–Trinajstić information content (AvgIpc) is 3.10. The Morgan fingerprint density at radius 3 is 2.68 bits per heavy atom. The summed E-state index contributed by atoms with van der Waals surface area (Å²) in [5.74, 6) is 0.206. The quantitative estimate of drug-likeness (QED) is 0.610. The van der Waals surface area contributed by atoms with Gasteiger partial charge in [-0.15, -0.1) is 0 Å². The van der Waals surface area contributed by atoms with E-state index in [1.54, 1.807) is 12.1 Å². The number of urea groups is 1. The van der Waals surface area contributed by atoms with Crippen LogP contribution in [0.2, 0.25) is 0 Å². The van der Waals surface area contributed by atoms with Crippen LogP contribution in [0.25, 0.3) is 0 Å². The lowest BCUT2D eigenvalue weighted by Gasteiger charge is -2.16. The first-order chi connectivity index (χ1) is 12.1. The maximum absolute atomic E-state index is 12.4. The second-order valence-corrected chi connectivity index (χ2v) is 6.80. The van der Waals surface area contributed by atoms with Crippen LogP contribution in [0.4, 0.5) is 4.79 Å². The lowest BCUT2D eigenvalue weighted by Crippen LogP contribution is -2.36. The van der Waals surface area contributed by atoms with Crippen molar-refractivity contribution >= 4 is 17.8 Å². The summed E-state index contributed by atoms with van der Waals surface area (Å²) in [6, 6.07) is 2.61. The maximum atomic E-state index is 12.4. The number of nitrogens with zero attached hydrogens (tertiary/aromatic N) is 1. The van der Waals surface area contributed by atoms with Crippen molar-refractivity contribution in [3.05, 3.63) is 24.2 Å². The molecule has 0 radical (unpaired) electrons. The first-order valence-electron chi connectivity index (χ1n) is 9.07. The summed E-state index contributed by atoms with van der Waals surface area (Å²) >= 11 is 0. The predicted molar refractivity (Wildman–Crippen MR) is 90.4 cm³/mol. The van der Waals surface area contributed by atoms with Gasteiger partial charge in [0.1, 0.15) is 11.8 Å². The van der Waals surface area contributed by atoms with Crippen LogP contribution >= 0.6 is 0 Å². The molecule has 2 fully saturated rings. The molecule has 0 spiro atoms. The minimum Gasteiger partial charge on any atom is -0.467 e. The van der Waals surface area contributed by atoms with Crippen molar-refractivity contribution in [3.63, 3.8) is 0 Å². The van der Waals surface area contributed by atoms with Gasteiger partial charge in [0.25, 0.3) is 5.91 Å². The number of hydrogen-bond acceptors (Lipinski definition) is 4. The molecular formula is C18H25N3O4. The summed E-state index contributed by atoms with van der Waals surface area (Å²) in [4.78, 5) is 37.6. The number of rotatable bonds is 6. The number of carbonyl (C=O) groups is 3. The molecule has 1 aromatic heterocycles. The second-order valence-electron chi connectivity index (χ2n) is 6.80. The molecule has 3 rings (SSSR count). The molecule has 7 heteroatoms. The third-order valence-electron chi connectivity index (χ3n) is 4.88. The molecule has 0 aromatic carbocycles. The number of amides is 4. The van der Waals surface area contributed by atoms with Crippen molar-refractivity contribution in [2.24, 2.45) is 0 Å². The standard InChI is InChI=1S/C18H25N3O4/c22-16(19-13-6-3-1-2-4-7-13)10-9-15-17(23)21(18(24)20-15)12-14-8-5-11-25-14/h5,8,11,13,15H,1-4,6-7,9-10,12H2,(H,19,22)(H,20,24). The number of carbonyl (C=O) groups excluding carboxylic acids is 3. The van der Waals surface area contributed by atoms with Crippen LogP contribution < -0.4 is 10.6 Å². The van der Waals surface area contributed by atoms with E-state index in [4.69, 9.17) is 4.42 Å². The molecule has 2 aliphatic rings. The number of furan rings is 1. The molecule has 136 valence electrons. The molecule has 1 saturated carbocycles. The normalized spacial score (nSPS) is 21.9. The smallest absolute Gasteiger partial charge is 0.325 e. The van der Waals surface area contributed by atoms with Gasteiger partial charge < -0.3 is 15.1 Å². The third-order valence-corrected chi connectivity index (χ3v) is 4.88. The summed E-state index contributed by atoms with van der Waals surface area (Å²) in [7, 11) is 0. The summed E-state index contributed by atoms with van der Waals surface area (Å²) in [6.45, 7) is 0.114. The van der Waals surface area contributed by atoms with E-state index in [-0.39, 0.29) is 30.8 Å². The zero-order chi connectivity index (χ0) is 17.6. The van der Waals surface area contributed by atoms with Crippen molar-refractivity contribution in [1.82, 2.24) is 15.5 Å². The van der Waals surface area contributed by atoms with E-state index in [1.807, 2.05) is 0 Å². The van der Waals surface area contributed by atoms with E-state index >= 15 is 0 Å². The van der Waals surface area contributed by atoms with Crippen molar-refractivity contribution in [3.8, 4) is 0 Å². The molecule has 7 nitrogen and oxygen atoms in total. The van der Waals surface area contributed by atoms with Gasteiger partial charge in [0, 0.05) is 12.5 Å². The number of hydrogen-bond donors (Lipinski definition) is 2. The topological polar surface area (TPSA) is 91.7 Å². The van der Waals surface area contributed by atoms with Crippen LogP contribution in [0.3, 0.4) is 0 Å². The minimum atomic E-state index is -0.637. The number of imide groups is 1. The molecule has 1 aliphatic heterocycles. The molecule has 4 amide bonds. The van der Waals surface area contributed by atoms with Gasteiger partial charge in [0.2, 0.25) is 5.91 Å². The summed E-state index contributed by atoms with van der Waals surface area (Å²) in [6.07, 6.45) is 8.90. The van der Waals surface area contributed by atoms with Gasteiger partial charge in [-0.1, -0.05) is 25.7 Å². The molecule has 1 unspecified atom stereocenters. The Kier molecular flexibility index (Phi) is 5.73. The Hall–Kier alpha value is -2.31. The molecular weight excluding hydrogens is 322 g/mol. The lowest BCUT2D eigenvalue weighted by atomic mass is 10.1. The fourth-order valence-corrected chi connectivity index (χ4v) is 3.48. The fraction of sp³-hybridized carbons (Fsp3) is 0.611. The van der Waals surface area contributed by atoms with E-state index in [0.29, 0.717) is 12.2 Å². The Bertz CT molecular complexity index is 606. The monoisotopic (exact) mass is 347 g/mol. The van der Waals surface area contributed by atoms with Gasteiger partial charge in [0.05, 0.1) is 12.8 Å². The largest absolute Gasteiger partial charge is 0.467 e. The van der Waals surface area contributed by atoms with Crippen molar-refractivity contribution in [1.29, 1.82) is 0 Å². The molecule has 0 bridgehead atoms. The van der Waals surface area contributed by atoms with Crippen LogP contribution in [0.15, 0.2) is 22.8 Å². The van der Waals surface area contributed by atoms with E-state index in [0.717, 1.165) is 30.6 Å². The second kappa shape index (κ2) is 8.18. The van der Waals surface area contributed by atoms with Gasteiger partial charge in [-0.2, -0.15) is 0 Å². The van der Waals surface area contributed by atoms with Gasteiger partial charge in [0.15, 0.2) is 0 Å². The lowest BCUT2D eigenvalue weighted by molar-refractivity contribution is -0.128. The molecule has 1 atom stereocenters. The Balaban J connectivity index is 1.45. The minimum absolute atomic E-state index is 0.0431. The fourth-order valence-electron chi connectivity index (χ4n) is 3.48. The van der Waals surface area contributed by atoms with E-state index in [1.165, 1.54) is 19.1 Å². The summed E-state index contributed by atoms with van der Waals surface area (Å²) in [5.41, 5.74) is 0. The molecule has 25 heavy (non-hydrogen) atoms. The van der Waals surface area contributed by atoms with Gasteiger partial charge in [-0.25, -0.2) is 4.79 Å². The molecule has 2 N–H and O–H groups in total. The van der Waals surface area contributed by atoms with Gasteiger partial charge in [-0.05, 0) is 31.4 Å². The van der Waals surface area contributed by atoms with Crippen molar-refractivity contribution < 1.29 is 18.8 Å². The van der Waals surface area contributed by atoms with Crippen LogP contribution in [0.5, 0.6) is 0 Å². The Morgan fingerprint density at radius 1 is 1.24 bits per heavy atom. The first-order valence-corrected chi connectivity index (χ1v) is 9.07. The highest BCUT2D eigenvalue weighted by Crippen LogP contribution is 2.18. The summed E-state index contributed by atoms with van der Waals surface area (Å²) < 4.78 is 5.18. The van der Waals surface area contributed by atoms with E-state index < -0.39 is 12.1 Å². The van der Waals surface area contributed by atoms with Gasteiger partial charge >= 0.3 is 6.03 Å². The zero-order valence-electron chi connectivity index (χ0n) is 14.3. The Labute approximate surface area is 147 Å². The first kappa shape index (κ1) is 17.5. The average molecular weight is 347 g/mol. The van der Waals surface area contributed by atoms with Crippen LogP contribution in [0.1, 0.15) is 57.1 Å². The van der Waals surface area contributed by atoms with Crippen LogP contribution in [0, 0.1) is 0 Å². The highest BCUT2D eigenvalue weighted by atomic mass is 16.3. The van der Waals surface area contributed by atoms with Gasteiger partial charge in [-0.3, -0.25) is 14.5 Å². The highest BCUT2D eigenvalue weighted by Gasteiger charge is 2.38. The molecule has 1 saturated heterocycles. The molecule has 1 aliphatic carbocycles. The molecule has 1 aromatic rings. The number of nitrogens with one attached hydrogen (secondary N) is 2. The van der Waals surface area contributed by atoms with Crippen molar-refractivity contribution in [2.75, 3.05) is 0 Å². The van der Waals surface area contributed by atoms with Crippen molar-refractivity contribution in [2.45, 2.75) is 70.0 Å². The zero-order valence-corrected chi connectivity index (χ0v) is 14.3.